The Bertz CT molecular complexity index is 815. The molecule has 1 saturated heterocycles. The van der Waals surface area contributed by atoms with Gasteiger partial charge >= 0.3 is 5.97 Å². The number of rotatable bonds is 6. The second-order valence-electron chi connectivity index (χ2n) is 7.99. The van der Waals surface area contributed by atoms with Gasteiger partial charge in [0.25, 0.3) is 0 Å². The first kappa shape index (κ1) is 22.9. The van der Waals surface area contributed by atoms with Crippen LogP contribution in [0.25, 0.3) is 0 Å². The lowest BCUT2D eigenvalue weighted by Crippen LogP contribution is -2.48. The van der Waals surface area contributed by atoms with Crippen molar-refractivity contribution in [1.29, 1.82) is 0 Å². The van der Waals surface area contributed by atoms with Crippen molar-refractivity contribution in [2.24, 2.45) is 5.41 Å². The molecule has 8 heteroatoms. The summed E-state index contributed by atoms with van der Waals surface area (Å²) in [6.07, 6.45) is 0.602. The Morgan fingerprint density at radius 1 is 1.45 bits per heavy atom. The molecular formula is C21H28N2O5S. The minimum Gasteiger partial charge on any atom is -0.465 e. The van der Waals surface area contributed by atoms with Crippen molar-refractivity contribution in [3.8, 4) is 11.8 Å². The fourth-order valence-corrected chi connectivity index (χ4v) is 3.73. The molecule has 1 aliphatic heterocycles. The van der Waals surface area contributed by atoms with E-state index in [1.54, 1.807) is 11.0 Å². The summed E-state index contributed by atoms with van der Waals surface area (Å²) in [7, 11) is 1.31. The Hall–Kier alpha value is -2.37. The van der Waals surface area contributed by atoms with Gasteiger partial charge in [-0.15, -0.1) is 11.3 Å². The van der Waals surface area contributed by atoms with Gasteiger partial charge in [-0.2, -0.15) is 0 Å². The number of ether oxygens (including phenoxy) is 2. The van der Waals surface area contributed by atoms with Crippen LogP contribution in [0.1, 0.15) is 47.8 Å². The van der Waals surface area contributed by atoms with Gasteiger partial charge < -0.3 is 19.3 Å². The maximum Gasteiger partial charge on any atom is 0.348 e. The van der Waals surface area contributed by atoms with Crippen molar-refractivity contribution < 1.29 is 23.9 Å². The van der Waals surface area contributed by atoms with Gasteiger partial charge in [0.2, 0.25) is 12.3 Å². The first-order valence-corrected chi connectivity index (χ1v) is 10.3. The molecule has 0 radical (unpaired) electrons. The fourth-order valence-electron chi connectivity index (χ4n) is 2.79. The van der Waals surface area contributed by atoms with Crippen LogP contribution in [0.2, 0.25) is 0 Å². The summed E-state index contributed by atoms with van der Waals surface area (Å²) in [4.78, 5) is 40.5. The van der Waals surface area contributed by atoms with Crippen LogP contribution in [0.4, 0.5) is 0 Å². The van der Waals surface area contributed by atoms with E-state index < -0.39 is 5.97 Å². The van der Waals surface area contributed by atoms with E-state index >= 15 is 0 Å². The summed E-state index contributed by atoms with van der Waals surface area (Å²) in [6, 6.07) is 1.79. The number of nitrogens with zero attached hydrogens (tertiary/aromatic N) is 2. The maximum atomic E-state index is 12.6. The summed E-state index contributed by atoms with van der Waals surface area (Å²) in [5.74, 6) is 5.59. The van der Waals surface area contributed by atoms with Gasteiger partial charge in [0.05, 0.1) is 31.2 Å². The molecule has 1 aromatic rings. The van der Waals surface area contributed by atoms with Gasteiger partial charge in [0.1, 0.15) is 4.88 Å². The molecule has 1 aromatic heterocycles. The number of morpholine rings is 1. The number of carbonyl (C=O) groups is 3. The Balaban J connectivity index is 2.17. The zero-order valence-electron chi connectivity index (χ0n) is 17.6. The Morgan fingerprint density at radius 2 is 2.17 bits per heavy atom. The third-order valence-corrected chi connectivity index (χ3v) is 5.27. The van der Waals surface area contributed by atoms with Crippen LogP contribution in [0.15, 0.2) is 6.07 Å². The lowest BCUT2D eigenvalue weighted by molar-refractivity contribution is -0.141. The van der Waals surface area contributed by atoms with Crippen molar-refractivity contribution in [2.45, 2.75) is 40.3 Å². The summed E-state index contributed by atoms with van der Waals surface area (Å²) < 4.78 is 10.3. The monoisotopic (exact) mass is 420 g/mol. The number of esters is 1. The number of hydrogen-bond donors (Lipinski definition) is 0. The van der Waals surface area contributed by atoms with E-state index in [1.165, 1.54) is 23.3 Å². The highest BCUT2D eigenvalue weighted by atomic mass is 32.1. The maximum absolute atomic E-state index is 12.6. The highest BCUT2D eigenvalue weighted by Gasteiger charge is 2.24. The van der Waals surface area contributed by atoms with Gasteiger partial charge in [0.15, 0.2) is 0 Å². The molecular weight excluding hydrogens is 392 g/mol. The van der Waals surface area contributed by atoms with Gasteiger partial charge in [-0.25, -0.2) is 4.79 Å². The van der Waals surface area contributed by atoms with E-state index in [2.05, 4.69) is 11.8 Å². The number of thiophene rings is 1. The first-order chi connectivity index (χ1) is 13.6. The molecule has 1 aliphatic rings. The second-order valence-corrected chi connectivity index (χ2v) is 9.04. The highest BCUT2D eigenvalue weighted by Crippen LogP contribution is 2.25. The molecule has 1 unspecified atom stereocenters. The number of hydrogen-bond acceptors (Lipinski definition) is 6. The van der Waals surface area contributed by atoms with E-state index in [0.29, 0.717) is 36.5 Å². The molecule has 0 N–H and O–H groups in total. The summed E-state index contributed by atoms with van der Waals surface area (Å²) in [5, 5.41) is 0. The van der Waals surface area contributed by atoms with E-state index in [0.717, 1.165) is 4.88 Å². The average molecular weight is 421 g/mol. The smallest absolute Gasteiger partial charge is 0.348 e. The average Bonchev–Trinajstić information content (AvgIpc) is 3.07. The third kappa shape index (κ3) is 6.87. The standard InChI is InChI=1S/C21H28N2O5S/c1-15-11-23(8-9-28-15)18(25)13-22(14-24)12-16-10-17(6-7-21(2,3)4)29-19(16)20(26)27-5/h10,14-15H,8-9,11-13H2,1-5H3. The quantitative estimate of drug-likeness (QED) is 0.400. The lowest BCUT2D eigenvalue weighted by atomic mass is 9.98. The van der Waals surface area contributed by atoms with Gasteiger partial charge in [0, 0.05) is 25.0 Å². The molecule has 158 valence electrons. The fraction of sp³-hybridized carbons (Fsp3) is 0.571. The predicted octanol–water partition coefficient (Wildman–Crippen LogP) is 2.14. The summed E-state index contributed by atoms with van der Waals surface area (Å²) in [6.45, 7) is 9.49. The van der Waals surface area contributed by atoms with E-state index in [9.17, 15) is 14.4 Å². The normalized spacial score (nSPS) is 16.6. The van der Waals surface area contributed by atoms with Crippen LogP contribution in [0.3, 0.4) is 0 Å². The van der Waals surface area contributed by atoms with E-state index in [-0.39, 0.29) is 30.5 Å². The molecule has 0 bridgehead atoms. The van der Waals surface area contributed by atoms with Crippen molar-refractivity contribution >= 4 is 29.6 Å². The number of amides is 2. The van der Waals surface area contributed by atoms with Crippen molar-refractivity contribution in [2.75, 3.05) is 33.4 Å². The lowest BCUT2D eigenvalue weighted by Gasteiger charge is -2.32. The zero-order valence-corrected chi connectivity index (χ0v) is 18.4. The topological polar surface area (TPSA) is 76.2 Å². The minimum absolute atomic E-state index is 0.0240. The molecule has 29 heavy (non-hydrogen) atoms. The number of methoxy groups -OCH3 is 1. The second kappa shape index (κ2) is 9.90. The molecule has 2 heterocycles. The van der Waals surface area contributed by atoms with Crippen molar-refractivity contribution in [3.05, 3.63) is 21.4 Å². The highest BCUT2D eigenvalue weighted by molar-refractivity contribution is 7.14. The molecule has 0 aromatic carbocycles. The molecule has 0 saturated carbocycles. The Morgan fingerprint density at radius 3 is 2.76 bits per heavy atom. The molecule has 2 rings (SSSR count). The van der Waals surface area contributed by atoms with Gasteiger partial charge in [-0.1, -0.05) is 11.8 Å². The largest absolute Gasteiger partial charge is 0.465 e. The first-order valence-electron chi connectivity index (χ1n) is 9.46. The Kier molecular flexibility index (Phi) is 7.82. The van der Waals surface area contributed by atoms with E-state index in [1.807, 2.05) is 27.7 Å². The van der Waals surface area contributed by atoms with Crippen molar-refractivity contribution in [1.82, 2.24) is 9.80 Å². The van der Waals surface area contributed by atoms with Crippen LogP contribution in [-0.4, -0.2) is 67.5 Å². The summed E-state index contributed by atoms with van der Waals surface area (Å²) >= 11 is 1.23. The van der Waals surface area contributed by atoms with Gasteiger partial charge in [-0.05, 0) is 39.3 Å². The van der Waals surface area contributed by atoms with E-state index in [4.69, 9.17) is 9.47 Å². The van der Waals surface area contributed by atoms with Crippen LogP contribution in [0.5, 0.6) is 0 Å². The molecule has 7 nitrogen and oxygen atoms in total. The SMILES string of the molecule is COC(=O)c1sc(C#CC(C)(C)C)cc1CN(C=O)CC(=O)N1CCOC(C)C1. The molecule has 0 aliphatic carbocycles. The summed E-state index contributed by atoms with van der Waals surface area (Å²) in [5.41, 5.74) is 0.446. The number of carbonyl (C=O) groups excluding carboxylic acids is 3. The minimum atomic E-state index is -0.479. The predicted molar refractivity (Wildman–Crippen MR) is 110 cm³/mol. The van der Waals surface area contributed by atoms with Gasteiger partial charge in [-0.3, -0.25) is 9.59 Å². The zero-order chi connectivity index (χ0) is 21.6. The van der Waals surface area contributed by atoms with Crippen LogP contribution < -0.4 is 0 Å². The van der Waals surface area contributed by atoms with Crippen LogP contribution >= 0.6 is 11.3 Å². The molecule has 1 atom stereocenters. The molecule has 1 fully saturated rings. The van der Waals surface area contributed by atoms with Crippen LogP contribution in [-0.2, 0) is 25.6 Å². The Labute approximate surface area is 176 Å². The van der Waals surface area contributed by atoms with Crippen molar-refractivity contribution in [3.63, 3.8) is 0 Å². The molecule has 2 amide bonds. The van der Waals surface area contributed by atoms with Crippen LogP contribution in [0, 0.1) is 17.3 Å². The third-order valence-electron chi connectivity index (χ3n) is 4.20. The molecule has 0 spiro atoms.